The Kier molecular flexibility index (Phi) is 2.56. The van der Waals surface area contributed by atoms with Gasteiger partial charge in [-0.3, -0.25) is 4.68 Å². The monoisotopic (exact) mass is 259 g/mol. The lowest BCUT2D eigenvalue weighted by Gasteiger charge is -1.99. The summed E-state index contributed by atoms with van der Waals surface area (Å²) in [6.45, 7) is 2.38. The molecule has 0 atom stereocenters. The highest BCUT2D eigenvalue weighted by Crippen LogP contribution is 2.22. The summed E-state index contributed by atoms with van der Waals surface area (Å²) in [5, 5.41) is 16.1. The summed E-state index contributed by atoms with van der Waals surface area (Å²) in [5.74, 6) is -0.988. The van der Waals surface area contributed by atoms with Crippen LogP contribution in [-0.4, -0.2) is 27.4 Å². The van der Waals surface area contributed by atoms with Crippen molar-refractivity contribution in [3.63, 3.8) is 0 Å². The van der Waals surface area contributed by atoms with Gasteiger partial charge in [0.15, 0.2) is 5.69 Å². The number of rotatable bonds is 1. The number of aryl methyl sites for hydroxylation is 1. The zero-order chi connectivity index (χ0) is 10.1. The molecule has 0 saturated carbocycles. The number of hydrogen-bond donors (Lipinski definition) is 2. The smallest absolute Gasteiger partial charge is 0.357 e. The third kappa shape index (κ3) is 1.55. The van der Waals surface area contributed by atoms with Gasteiger partial charge in [-0.05, 0) is 28.9 Å². The molecule has 6 heteroatoms. The summed E-state index contributed by atoms with van der Waals surface area (Å²) in [5.41, 5.74) is 1.02. The van der Waals surface area contributed by atoms with Crippen molar-refractivity contribution in [1.82, 2.24) is 15.1 Å². The summed E-state index contributed by atoms with van der Waals surface area (Å²) < 4.78 is 2.35. The molecule has 0 saturated heterocycles. The standard InChI is InChI=1S/C8H10BrN3O2/c9-6-5-4-10-2-1-3-12(5)11-7(6)8(13)14/h10H,1-4H2,(H,13,14). The van der Waals surface area contributed by atoms with Crippen LogP contribution in [0.3, 0.4) is 0 Å². The first-order chi connectivity index (χ1) is 6.70. The fourth-order valence-electron chi connectivity index (χ4n) is 1.53. The highest BCUT2D eigenvalue weighted by Gasteiger charge is 2.21. The third-order valence-electron chi connectivity index (χ3n) is 2.21. The molecule has 2 N–H and O–H groups in total. The molecule has 0 aliphatic carbocycles. The number of aromatic carboxylic acids is 1. The van der Waals surface area contributed by atoms with E-state index in [0.717, 1.165) is 25.2 Å². The van der Waals surface area contributed by atoms with E-state index in [1.54, 1.807) is 4.68 Å². The molecule has 2 rings (SSSR count). The Morgan fingerprint density at radius 2 is 2.43 bits per heavy atom. The fourth-order valence-corrected chi connectivity index (χ4v) is 2.12. The zero-order valence-corrected chi connectivity index (χ0v) is 9.04. The van der Waals surface area contributed by atoms with Gasteiger partial charge >= 0.3 is 5.97 Å². The maximum atomic E-state index is 10.8. The maximum absolute atomic E-state index is 10.8. The third-order valence-corrected chi connectivity index (χ3v) is 3.05. The van der Waals surface area contributed by atoms with Crippen LogP contribution in [-0.2, 0) is 13.1 Å². The van der Waals surface area contributed by atoms with E-state index in [2.05, 4.69) is 26.3 Å². The number of carbonyl (C=O) groups is 1. The molecule has 1 aromatic rings. The molecule has 0 spiro atoms. The summed E-state index contributed by atoms with van der Waals surface area (Å²) in [7, 11) is 0. The highest BCUT2D eigenvalue weighted by molar-refractivity contribution is 9.10. The molecule has 0 amide bonds. The molecule has 76 valence electrons. The Labute approximate surface area is 89.2 Å². The van der Waals surface area contributed by atoms with Crippen molar-refractivity contribution in [2.24, 2.45) is 0 Å². The van der Waals surface area contributed by atoms with Crippen LogP contribution in [0.1, 0.15) is 22.6 Å². The molecule has 1 aromatic heterocycles. The van der Waals surface area contributed by atoms with Gasteiger partial charge in [0.25, 0.3) is 0 Å². The molecule has 0 bridgehead atoms. The van der Waals surface area contributed by atoms with Gasteiger partial charge in [0.05, 0.1) is 10.2 Å². The van der Waals surface area contributed by atoms with Gasteiger partial charge in [-0.1, -0.05) is 0 Å². The Bertz CT molecular complexity index is 375. The molecule has 14 heavy (non-hydrogen) atoms. The first kappa shape index (κ1) is 9.67. The van der Waals surface area contributed by atoms with E-state index in [9.17, 15) is 4.79 Å². The van der Waals surface area contributed by atoms with Gasteiger partial charge in [-0.2, -0.15) is 5.10 Å². The van der Waals surface area contributed by atoms with Crippen molar-refractivity contribution in [2.75, 3.05) is 6.54 Å². The first-order valence-corrected chi connectivity index (χ1v) is 5.18. The SMILES string of the molecule is O=C(O)c1nn2c(c1Br)CNCCC2. The lowest BCUT2D eigenvalue weighted by Crippen LogP contribution is -2.12. The Hall–Kier alpha value is -0.880. The molecule has 2 heterocycles. The van der Waals surface area contributed by atoms with Gasteiger partial charge in [-0.25, -0.2) is 4.79 Å². The van der Waals surface area contributed by atoms with Crippen LogP contribution in [0.25, 0.3) is 0 Å². The maximum Gasteiger partial charge on any atom is 0.357 e. The molecule has 0 fully saturated rings. The van der Waals surface area contributed by atoms with Crippen molar-refractivity contribution in [3.05, 3.63) is 15.9 Å². The largest absolute Gasteiger partial charge is 0.476 e. The van der Waals surface area contributed by atoms with Gasteiger partial charge in [0, 0.05) is 13.1 Å². The molecule has 1 aliphatic rings. The Morgan fingerprint density at radius 1 is 1.64 bits per heavy atom. The minimum Gasteiger partial charge on any atom is -0.476 e. The van der Waals surface area contributed by atoms with E-state index in [-0.39, 0.29) is 5.69 Å². The molecule has 5 nitrogen and oxygen atoms in total. The van der Waals surface area contributed by atoms with Crippen LogP contribution in [0.15, 0.2) is 4.47 Å². The lowest BCUT2D eigenvalue weighted by molar-refractivity contribution is 0.0688. The molecule has 0 radical (unpaired) electrons. The van der Waals surface area contributed by atoms with Crippen molar-refractivity contribution in [1.29, 1.82) is 0 Å². The summed E-state index contributed by atoms with van der Waals surface area (Å²) in [6, 6.07) is 0. The van der Waals surface area contributed by atoms with Crippen LogP contribution in [0, 0.1) is 0 Å². The minimum absolute atomic E-state index is 0.101. The summed E-state index contributed by atoms with van der Waals surface area (Å²) >= 11 is 3.27. The molecule has 1 aliphatic heterocycles. The number of carboxylic acid groups (broad SMARTS) is 1. The fraction of sp³-hybridized carbons (Fsp3) is 0.500. The van der Waals surface area contributed by atoms with Crippen LogP contribution in [0.4, 0.5) is 0 Å². The molecular formula is C8H10BrN3O2. The van der Waals surface area contributed by atoms with E-state index in [1.807, 2.05) is 0 Å². The second kappa shape index (κ2) is 3.70. The predicted molar refractivity (Wildman–Crippen MR) is 53.2 cm³/mol. The van der Waals surface area contributed by atoms with Crippen LogP contribution in [0.5, 0.6) is 0 Å². The summed E-state index contributed by atoms with van der Waals surface area (Å²) in [6.07, 6.45) is 0.972. The predicted octanol–water partition coefficient (Wildman–Crippen LogP) is 0.837. The van der Waals surface area contributed by atoms with Crippen LogP contribution < -0.4 is 5.32 Å². The van der Waals surface area contributed by atoms with E-state index in [1.165, 1.54) is 0 Å². The topological polar surface area (TPSA) is 67.1 Å². The normalized spacial score (nSPS) is 16.1. The van der Waals surface area contributed by atoms with E-state index in [0.29, 0.717) is 11.0 Å². The van der Waals surface area contributed by atoms with E-state index >= 15 is 0 Å². The quantitative estimate of drug-likeness (QED) is 0.785. The van der Waals surface area contributed by atoms with Crippen molar-refractivity contribution in [3.8, 4) is 0 Å². The summed E-state index contributed by atoms with van der Waals surface area (Å²) in [4.78, 5) is 10.8. The van der Waals surface area contributed by atoms with Gasteiger partial charge in [-0.15, -0.1) is 0 Å². The lowest BCUT2D eigenvalue weighted by atomic mass is 10.3. The second-order valence-corrected chi connectivity index (χ2v) is 3.96. The number of nitrogens with one attached hydrogen (secondary N) is 1. The van der Waals surface area contributed by atoms with Gasteiger partial charge in [0.1, 0.15) is 0 Å². The molecule has 0 aromatic carbocycles. The van der Waals surface area contributed by atoms with Gasteiger partial charge < -0.3 is 10.4 Å². The average Bonchev–Trinajstić information content (AvgIpc) is 2.37. The van der Waals surface area contributed by atoms with E-state index < -0.39 is 5.97 Å². The van der Waals surface area contributed by atoms with Crippen molar-refractivity contribution >= 4 is 21.9 Å². The number of carboxylic acids is 1. The van der Waals surface area contributed by atoms with Crippen LogP contribution in [0.2, 0.25) is 0 Å². The number of halogens is 1. The Morgan fingerprint density at radius 3 is 3.14 bits per heavy atom. The zero-order valence-electron chi connectivity index (χ0n) is 7.46. The van der Waals surface area contributed by atoms with Crippen LogP contribution >= 0.6 is 15.9 Å². The first-order valence-electron chi connectivity index (χ1n) is 4.39. The second-order valence-electron chi connectivity index (χ2n) is 3.17. The number of nitrogens with zero attached hydrogens (tertiary/aromatic N) is 2. The number of fused-ring (bicyclic) bond motifs is 1. The van der Waals surface area contributed by atoms with E-state index in [4.69, 9.17) is 5.11 Å². The van der Waals surface area contributed by atoms with Crippen molar-refractivity contribution in [2.45, 2.75) is 19.5 Å². The number of hydrogen-bond acceptors (Lipinski definition) is 3. The van der Waals surface area contributed by atoms with Gasteiger partial charge in [0.2, 0.25) is 0 Å². The Balaban J connectivity index is 2.45. The number of aromatic nitrogens is 2. The molecular weight excluding hydrogens is 250 g/mol. The highest BCUT2D eigenvalue weighted by atomic mass is 79.9. The minimum atomic E-state index is -0.988. The molecule has 0 unspecified atom stereocenters. The van der Waals surface area contributed by atoms with Crippen molar-refractivity contribution < 1.29 is 9.90 Å². The average molecular weight is 260 g/mol.